The lowest BCUT2D eigenvalue weighted by Gasteiger charge is -2.31. The summed E-state index contributed by atoms with van der Waals surface area (Å²) in [6.45, 7) is 5.43. The number of anilines is 1. The maximum Gasteiger partial charge on any atom is 0.244 e. The number of hydrogen-bond donors (Lipinski definition) is 1. The summed E-state index contributed by atoms with van der Waals surface area (Å²) in [6, 6.07) is 13.3. The Kier molecular flexibility index (Phi) is 8.65. The molecule has 0 aromatic heterocycles. The van der Waals surface area contributed by atoms with E-state index in [0.717, 1.165) is 21.7 Å². The van der Waals surface area contributed by atoms with Crippen LogP contribution in [0.2, 0.25) is 0 Å². The Balaban J connectivity index is 2.38. The fourth-order valence-electron chi connectivity index (χ4n) is 3.20. The molecular formula is C23H31N3O5S. The van der Waals surface area contributed by atoms with Gasteiger partial charge in [0.2, 0.25) is 21.8 Å². The second-order valence-electron chi connectivity index (χ2n) is 7.55. The van der Waals surface area contributed by atoms with Crippen LogP contribution in [-0.4, -0.2) is 57.6 Å². The van der Waals surface area contributed by atoms with Crippen LogP contribution in [0.5, 0.6) is 5.75 Å². The molecule has 0 aliphatic rings. The van der Waals surface area contributed by atoms with Crippen molar-refractivity contribution in [2.75, 3.05) is 30.8 Å². The lowest BCUT2D eigenvalue weighted by atomic mass is 10.1. The molecule has 2 rings (SSSR count). The van der Waals surface area contributed by atoms with Crippen molar-refractivity contribution >= 4 is 27.5 Å². The van der Waals surface area contributed by atoms with Gasteiger partial charge in [0.15, 0.2) is 0 Å². The highest BCUT2D eigenvalue weighted by atomic mass is 32.2. The van der Waals surface area contributed by atoms with Crippen molar-refractivity contribution < 1.29 is 22.7 Å². The standard InChI is InChI=1S/C23H31N3O5S/c1-6-24-23(28)18(3)25(15-19-8-7-9-21(14-19)31-4)22(27)16-26(32(5,29)30)20-12-10-17(2)11-13-20/h7-14,18H,6,15-16H2,1-5H3,(H,24,28)/t18-/m1/s1. The Morgan fingerprint density at radius 3 is 2.34 bits per heavy atom. The second kappa shape index (κ2) is 11.0. The molecule has 2 aromatic carbocycles. The third-order valence-corrected chi connectivity index (χ3v) is 6.15. The van der Waals surface area contributed by atoms with Crippen molar-refractivity contribution in [3.8, 4) is 5.75 Å². The fourth-order valence-corrected chi connectivity index (χ4v) is 4.05. The van der Waals surface area contributed by atoms with Crippen molar-refractivity contribution in [1.82, 2.24) is 10.2 Å². The number of sulfonamides is 1. The number of ether oxygens (including phenoxy) is 1. The molecule has 8 nitrogen and oxygen atoms in total. The van der Waals surface area contributed by atoms with Crippen LogP contribution in [-0.2, 0) is 26.2 Å². The molecule has 9 heteroatoms. The number of rotatable bonds is 10. The minimum absolute atomic E-state index is 0.125. The highest BCUT2D eigenvalue weighted by molar-refractivity contribution is 7.92. The van der Waals surface area contributed by atoms with Crippen LogP contribution in [0.15, 0.2) is 48.5 Å². The van der Waals surface area contributed by atoms with Crippen LogP contribution in [0.4, 0.5) is 5.69 Å². The molecule has 0 saturated heterocycles. The average Bonchev–Trinajstić information content (AvgIpc) is 2.75. The van der Waals surface area contributed by atoms with Gasteiger partial charge in [-0.3, -0.25) is 13.9 Å². The number of carbonyl (C=O) groups excluding carboxylic acids is 2. The molecule has 0 aliphatic carbocycles. The summed E-state index contributed by atoms with van der Waals surface area (Å²) < 4.78 is 31.3. The highest BCUT2D eigenvalue weighted by Crippen LogP contribution is 2.20. The van der Waals surface area contributed by atoms with E-state index in [2.05, 4.69) is 5.32 Å². The molecule has 0 bridgehead atoms. The number of aryl methyl sites for hydroxylation is 1. The summed E-state index contributed by atoms with van der Waals surface area (Å²) >= 11 is 0. The SMILES string of the molecule is CCNC(=O)[C@@H](C)N(Cc1cccc(OC)c1)C(=O)CN(c1ccc(C)cc1)S(C)(=O)=O. The number of amides is 2. The number of methoxy groups -OCH3 is 1. The van der Waals surface area contributed by atoms with Crippen molar-refractivity contribution in [2.45, 2.75) is 33.4 Å². The number of carbonyl (C=O) groups is 2. The van der Waals surface area contributed by atoms with Gasteiger partial charge in [0, 0.05) is 13.1 Å². The molecule has 0 radical (unpaired) electrons. The van der Waals surface area contributed by atoms with E-state index >= 15 is 0 Å². The first kappa shape index (κ1) is 25.2. The first-order chi connectivity index (χ1) is 15.1. The first-order valence-electron chi connectivity index (χ1n) is 10.3. The molecular weight excluding hydrogens is 430 g/mol. The van der Waals surface area contributed by atoms with Gasteiger partial charge in [-0.25, -0.2) is 8.42 Å². The normalized spacial score (nSPS) is 12.0. The number of nitrogens with one attached hydrogen (secondary N) is 1. The largest absolute Gasteiger partial charge is 0.497 e. The zero-order chi connectivity index (χ0) is 23.9. The van der Waals surface area contributed by atoms with E-state index in [0.29, 0.717) is 18.0 Å². The topological polar surface area (TPSA) is 96.0 Å². The van der Waals surface area contributed by atoms with Crippen molar-refractivity contribution in [2.24, 2.45) is 0 Å². The van der Waals surface area contributed by atoms with Crippen LogP contribution in [0.1, 0.15) is 25.0 Å². The van der Waals surface area contributed by atoms with Gasteiger partial charge in [0.25, 0.3) is 0 Å². The van der Waals surface area contributed by atoms with Gasteiger partial charge in [0.1, 0.15) is 18.3 Å². The number of nitrogens with zero attached hydrogens (tertiary/aromatic N) is 2. The van der Waals surface area contributed by atoms with E-state index in [9.17, 15) is 18.0 Å². The first-order valence-corrected chi connectivity index (χ1v) is 12.2. The Labute approximate surface area is 190 Å². The van der Waals surface area contributed by atoms with Crippen molar-refractivity contribution in [3.05, 3.63) is 59.7 Å². The maximum absolute atomic E-state index is 13.4. The van der Waals surface area contributed by atoms with E-state index in [1.165, 1.54) is 4.90 Å². The van der Waals surface area contributed by atoms with Crippen molar-refractivity contribution in [1.29, 1.82) is 0 Å². The molecule has 2 amide bonds. The maximum atomic E-state index is 13.4. The van der Waals surface area contributed by atoms with E-state index in [-0.39, 0.29) is 12.5 Å². The van der Waals surface area contributed by atoms with Crippen LogP contribution >= 0.6 is 0 Å². The summed E-state index contributed by atoms with van der Waals surface area (Å²) in [5.41, 5.74) is 2.12. The van der Waals surface area contributed by atoms with E-state index < -0.39 is 28.5 Å². The Bertz CT molecular complexity index is 1040. The number of hydrogen-bond acceptors (Lipinski definition) is 5. The lowest BCUT2D eigenvalue weighted by Crippen LogP contribution is -2.51. The Morgan fingerprint density at radius 2 is 1.78 bits per heavy atom. The van der Waals surface area contributed by atoms with Crippen LogP contribution < -0.4 is 14.4 Å². The number of likely N-dealkylation sites (N-methyl/N-ethyl adjacent to an activating group) is 1. The van der Waals surface area contributed by atoms with Gasteiger partial charge in [0.05, 0.1) is 19.1 Å². The van der Waals surface area contributed by atoms with Crippen molar-refractivity contribution in [3.63, 3.8) is 0 Å². The quantitative estimate of drug-likeness (QED) is 0.586. The minimum Gasteiger partial charge on any atom is -0.497 e. The van der Waals surface area contributed by atoms with Gasteiger partial charge in [-0.2, -0.15) is 0 Å². The predicted molar refractivity (Wildman–Crippen MR) is 125 cm³/mol. The van der Waals surface area contributed by atoms with Gasteiger partial charge in [-0.1, -0.05) is 29.8 Å². The van der Waals surface area contributed by atoms with E-state index in [4.69, 9.17) is 4.74 Å². The molecule has 0 aliphatic heterocycles. The minimum atomic E-state index is -3.73. The molecule has 174 valence electrons. The van der Waals surface area contributed by atoms with Gasteiger partial charge < -0.3 is 15.0 Å². The summed E-state index contributed by atoms with van der Waals surface area (Å²) in [6.07, 6.45) is 1.06. The Hall–Kier alpha value is -3.07. The zero-order valence-electron chi connectivity index (χ0n) is 19.2. The van der Waals surface area contributed by atoms with Crippen LogP contribution in [0.25, 0.3) is 0 Å². The molecule has 2 aromatic rings. The van der Waals surface area contributed by atoms with Crippen LogP contribution in [0, 0.1) is 6.92 Å². The smallest absolute Gasteiger partial charge is 0.244 e. The summed E-state index contributed by atoms with van der Waals surface area (Å²) in [5, 5.41) is 2.72. The molecule has 1 N–H and O–H groups in total. The van der Waals surface area contributed by atoms with Gasteiger partial charge in [-0.05, 0) is 50.6 Å². The summed E-state index contributed by atoms with van der Waals surface area (Å²) in [7, 11) is -2.19. The molecule has 0 unspecified atom stereocenters. The molecule has 1 atom stereocenters. The second-order valence-corrected chi connectivity index (χ2v) is 9.46. The van der Waals surface area contributed by atoms with Crippen LogP contribution in [0.3, 0.4) is 0 Å². The molecule has 0 spiro atoms. The summed E-state index contributed by atoms with van der Waals surface area (Å²) in [5.74, 6) is -0.180. The Morgan fingerprint density at radius 1 is 1.12 bits per heavy atom. The van der Waals surface area contributed by atoms with E-state index in [1.807, 2.05) is 13.0 Å². The molecule has 32 heavy (non-hydrogen) atoms. The van der Waals surface area contributed by atoms with Gasteiger partial charge >= 0.3 is 0 Å². The third kappa shape index (κ3) is 6.71. The third-order valence-electron chi connectivity index (χ3n) is 5.01. The molecule has 0 heterocycles. The summed E-state index contributed by atoms with van der Waals surface area (Å²) in [4.78, 5) is 27.3. The highest BCUT2D eigenvalue weighted by Gasteiger charge is 2.29. The fraction of sp³-hybridized carbons (Fsp3) is 0.391. The lowest BCUT2D eigenvalue weighted by molar-refractivity contribution is -0.139. The van der Waals surface area contributed by atoms with Gasteiger partial charge in [-0.15, -0.1) is 0 Å². The monoisotopic (exact) mass is 461 g/mol. The number of benzene rings is 2. The zero-order valence-corrected chi connectivity index (χ0v) is 20.0. The molecule has 0 saturated carbocycles. The molecule has 0 fully saturated rings. The average molecular weight is 462 g/mol. The predicted octanol–water partition coefficient (Wildman–Crippen LogP) is 2.32. The van der Waals surface area contributed by atoms with E-state index in [1.54, 1.807) is 63.4 Å².